The molecule has 3 fully saturated rings. The zero-order chi connectivity index (χ0) is 23.5. The summed E-state index contributed by atoms with van der Waals surface area (Å²) in [5, 5.41) is 13.1. The van der Waals surface area contributed by atoms with Crippen molar-refractivity contribution in [3.8, 4) is 0 Å². The minimum absolute atomic E-state index is 0.0394. The number of nitrogens with zero attached hydrogens (tertiary/aromatic N) is 1. The highest BCUT2D eigenvalue weighted by Gasteiger charge is 2.80. The smallest absolute Gasteiger partial charge is 0.312 e. The van der Waals surface area contributed by atoms with Crippen LogP contribution in [0, 0.1) is 23.7 Å². The van der Waals surface area contributed by atoms with Gasteiger partial charge in [0.1, 0.15) is 17.6 Å². The lowest BCUT2D eigenvalue weighted by Gasteiger charge is -2.39. The lowest BCUT2D eigenvalue weighted by atomic mass is 9.62. The molecule has 3 heterocycles. The van der Waals surface area contributed by atoms with Gasteiger partial charge in [-0.1, -0.05) is 20.8 Å². The average Bonchev–Trinajstić information content (AvgIpc) is 3.12. The summed E-state index contributed by atoms with van der Waals surface area (Å²) in [6.45, 7) is 15.0. The summed E-state index contributed by atoms with van der Waals surface area (Å²) >= 11 is 0. The van der Waals surface area contributed by atoms with Crippen LogP contribution in [0.1, 0.15) is 61.8 Å². The van der Waals surface area contributed by atoms with Crippen LogP contribution in [0.5, 0.6) is 0 Å². The minimum atomic E-state index is -1.12. The quantitative estimate of drug-likeness (QED) is 0.609. The fourth-order valence-electron chi connectivity index (χ4n) is 5.98. The van der Waals surface area contributed by atoms with Crippen LogP contribution in [-0.4, -0.2) is 69.8 Å². The molecular weight excluding hydrogens is 400 g/mol. The fourth-order valence-corrected chi connectivity index (χ4v) is 5.98. The van der Waals surface area contributed by atoms with E-state index in [4.69, 9.17) is 9.47 Å². The van der Waals surface area contributed by atoms with E-state index in [2.05, 4.69) is 5.32 Å². The first kappa shape index (κ1) is 24.0. The number of fused-ring (bicyclic) bond motifs is 1. The summed E-state index contributed by atoms with van der Waals surface area (Å²) in [4.78, 5) is 42.0. The third-order valence-corrected chi connectivity index (χ3v) is 7.35. The largest absolute Gasteiger partial charge is 0.466 e. The van der Waals surface area contributed by atoms with Crippen LogP contribution in [0.3, 0.4) is 0 Å². The van der Waals surface area contributed by atoms with Crippen LogP contribution in [-0.2, 0) is 23.9 Å². The van der Waals surface area contributed by atoms with Gasteiger partial charge in [-0.2, -0.15) is 0 Å². The summed E-state index contributed by atoms with van der Waals surface area (Å²) in [6.07, 6.45) is 0.491. The third kappa shape index (κ3) is 3.46. The molecule has 3 rings (SSSR count). The first-order chi connectivity index (χ1) is 14.2. The second-order valence-electron chi connectivity index (χ2n) is 10.9. The van der Waals surface area contributed by atoms with Crippen molar-refractivity contribution in [2.45, 2.75) is 90.6 Å². The number of hydrogen-bond donors (Lipinski definition) is 2. The van der Waals surface area contributed by atoms with Gasteiger partial charge in [-0.25, -0.2) is 0 Å². The molecule has 1 spiro atoms. The second-order valence-corrected chi connectivity index (χ2v) is 10.9. The van der Waals surface area contributed by atoms with Crippen molar-refractivity contribution in [3.05, 3.63) is 0 Å². The zero-order valence-corrected chi connectivity index (χ0v) is 20.0. The number of likely N-dealkylation sites (tertiary alicyclic amines) is 1. The van der Waals surface area contributed by atoms with Gasteiger partial charge in [0.05, 0.1) is 30.8 Å². The monoisotopic (exact) mass is 438 g/mol. The molecule has 8 heteroatoms. The van der Waals surface area contributed by atoms with Crippen molar-refractivity contribution in [1.29, 1.82) is 0 Å². The van der Waals surface area contributed by atoms with Crippen molar-refractivity contribution in [2.75, 3.05) is 13.2 Å². The molecule has 0 aromatic heterocycles. The number of carbonyl (C=O) groups excluding carboxylic acids is 3. The van der Waals surface area contributed by atoms with Crippen LogP contribution < -0.4 is 5.32 Å². The predicted octanol–water partition coefficient (Wildman–Crippen LogP) is 1.49. The molecule has 0 aliphatic carbocycles. The molecule has 3 saturated heterocycles. The Balaban J connectivity index is 2.16. The Labute approximate surface area is 185 Å². The van der Waals surface area contributed by atoms with Gasteiger partial charge >= 0.3 is 5.97 Å². The topological polar surface area (TPSA) is 105 Å². The number of carbonyl (C=O) groups is 3. The van der Waals surface area contributed by atoms with Crippen molar-refractivity contribution in [1.82, 2.24) is 10.2 Å². The van der Waals surface area contributed by atoms with Crippen LogP contribution in [0.2, 0.25) is 0 Å². The number of aliphatic hydroxyl groups excluding tert-OH is 1. The molecule has 3 aliphatic rings. The maximum Gasteiger partial charge on any atom is 0.312 e. The van der Waals surface area contributed by atoms with E-state index in [0.29, 0.717) is 6.42 Å². The van der Waals surface area contributed by atoms with Gasteiger partial charge in [-0.05, 0) is 52.9 Å². The molecule has 0 saturated carbocycles. The normalized spacial score (nSPS) is 37.9. The van der Waals surface area contributed by atoms with Gasteiger partial charge in [0.2, 0.25) is 11.8 Å². The summed E-state index contributed by atoms with van der Waals surface area (Å²) in [7, 11) is 0. The van der Waals surface area contributed by atoms with Gasteiger partial charge in [0, 0.05) is 5.54 Å². The Morgan fingerprint density at radius 3 is 2.45 bits per heavy atom. The Bertz CT molecular complexity index is 762. The summed E-state index contributed by atoms with van der Waals surface area (Å²) in [5.74, 6) is -2.80. The highest BCUT2D eigenvalue weighted by molar-refractivity contribution is 5.99. The van der Waals surface area contributed by atoms with Crippen LogP contribution in [0.15, 0.2) is 0 Å². The molecule has 176 valence electrons. The molecule has 0 radical (unpaired) electrons. The molecule has 2 N–H and O–H groups in total. The lowest BCUT2D eigenvalue weighted by Crippen LogP contribution is -2.61. The van der Waals surface area contributed by atoms with Crippen molar-refractivity contribution in [3.63, 3.8) is 0 Å². The Morgan fingerprint density at radius 1 is 1.35 bits per heavy atom. The SMILES string of the molecule is CCOC(=O)[C@H]1[C@H]2C(=O)N([C@@H](CO)C(C)C)C(C(=O)NC(C)(C)C)C23CC(C)[C@]1(C)O3. The van der Waals surface area contributed by atoms with Gasteiger partial charge in [-0.15, -0.1) is 0 Å². The zero-order valence-electron chi connectivity index (χ0n) is 20.0. The molecule has 2 bridgehead atoms. The predicted molar refractivity (Wildman–Crippen MR) is 114 cm³/mol. The molecule has 7 atom stereocenters. The van der Waals surface area contributed by atoms with Crippen LogP contribution >= 0.6 is 0 Å². The second kappa shape index (κ2) is 7.73. The first-order valence-electron chi connectivity index (χ1n) is 11.4. The van der Waals surface area contributed by atoms with Crippen LogP contribution in [0.25, 0.3) is 0 Å². The van der Waals surface area contributed by atoms with Gasteiger partial charge in [0.15, 0.2) is 0 Å². The number of nitrogens with one attached hydrogen (secondary N) is 1. The van der Waals surface area contributed by atoms with E-state index >= 15 is 0 Å². The van der Waals surface area contributed by atoms with E-state index in [1.54, 1.807) is 6.92 Å². The number of aliphatic hydroxyl groups is 1. The van der Waals surface area contributed by atoms with Crippen LogP contribution in [0.4, 0.5) is 0 Å². The molecule has 3 unspecified atom stereocenters. The Kier molecular flexibility index (Phi) is 5.98. The standard InChI is InChI=1S/C23H38N2O6/c1-9-30-20(29)16-15-19(28)25(14(11-26)12(2)3)17(18(27)24-21(5,6)7)23(15)10-13(4)22(16,8)31-23/h12-17,26H,9-11H2,1-8H3,(H,24,27)/t13?,14-,15-,16+,17?,22-,23?/m0/s1. The van der Waals surface area contributed by atoms with E-state index in [9.17, 15) is 19.5 Å². The minimum Gasteiger partial charge on any atom is -0.466 e. The average molecular weight is 439 g/mol. The maximum atomic E-state index is 13.9. The Morgan fingerprint density at radius 2 is 1.97 bits per heavy atom. The molecule has 0 aromatic rings. The summed E-state index contributed by atoms with van der Waals surface area (Å²) in [6, 6.07) is -1.48. The number of esters is 1. The molecular formula is C23H38N2O6. The number of ether oxygens (including phenoxy) is 2. The van der Waals surface area contributed by atoms with Crippen molar-refractivity contribution in [2.24, 2.45) is 23.7 Å². The van der Waals surface area contributed by atoms with E-state index in [1.165, 1.54) is 4.90 Å². The van der Waals surface area contributed by atoms with E-state index in [-0.39, 0.29) is 36.9 Å². The molecule has 2 amide bonds. The van der Waals surface area contributed by atoms with E-state index in [1.807, 2.05) is 48.5 Å². The fraction of sp³-hybridized carbons (Fsp3) is 0.870. The number of rotatable bonds is 6. The van der Waals surface area contributed by atoms with E-state index < -0.39 is 46.6 Å². The highest BCUT2D eigenvalue weighted by Crippen LogP contribution is 2.65. The number of amides is 2. The van der Waals surface area contributed by atoms with Crippen molar-refractivity contribution >= 4 is 17.8 Å². The Hall–Kier alpha value is -1.67. The summed E-state index contributed by atoms with van der Waals surface area (Å²) in [5.41, 5.74) is -2.52. The summed E-state index contributed by atoms with van der Waals surface area (Å²) < 4.78 is 11.9. The van der Waals surface area contributed by atoms with Gasteiger partial charge < -0.3 is 24.8 Å². The lowest BCUT2D eigenvalue weighted by molar-refractivity contribution is -0.162. The number of hydrogen-bond acceptors (Lipinski definition) is 6. The van der Waals surface area contributed by atoms with Gasteiger partial charge in [-0.3, -0.25) is 14.4 Å². The molecule has 3 aliphatic heterocycles. The molecule has 0 aromatic carbocycles. The molecule has 8 nitrogen and oxygen atoms in total. The van der Waals surface area contributed by atoms with E-state index in [0.717, 1.165) is 0 Å². The molecule has 31 heavy (non-hydrogen) atoms. The van der Waals surface area contributed by atoms with Crippen molar-refractivity contribution < 1.29 is 29.0 Å². The maximum absolute atomic E-state index is 13.9. The third-order valence-electron chi connectivity index (χ3n) is 7.35. The van der Waals surface area contributed by atoms with Gasteiger partial charge in [0.25, 0.3) is 0 Å². The first-order valence-corrected chi connectivity index (χ1v) is 11.4. The highest BCUT2D eigenvalue weighted by atomic mass is 16.6.